The van der Waals surface area contributed by atoms with Gasteiger partial charge in [-0.2, -0.15) is 0 Å². The van der Waals surface area contributed by atoms with Crippen LogP contribution in [0.3, 0.4) is 0 Å². The van der Waals surface area contributed by atoms with Gasteiger partial charge in [-0.05, 0) is 40.2 Å². The van der Waals surface area contributed by atoms with E-state index in [0.717, 1.165) is 6.29 Å². The van der Waals surface area contributed by atoms with E-state index in [1.54, 1.807) is 36.4 Å². The second-order valence-electron chi connectivity index (χ2n) is 4.03. The quantitative estimate of drug-likeness (QED) is 0.773. The molecule has 20 heavy (non-hydrogen) atoms. The molecule has 3 nitrogen and oxygen atoms in total. The fourth-order valence-corrected chi connectivity index (χ4v) is 2.10. The molecular weight excluding hydrogens is 327 g/mol. The molecule has 5 heteroatoms. The maximum atomic E-state index is 13.8. The Morgan fingerprint density at radius 2 is 2.05 bits per heavy atom. The molecule has 0 unspecified atom stereocenters. The maximum absolute atomic E-state index is 13.8. The molecule has 0 saturated carbocycles. The maximum Gasteiger partial charge on any atom is 0.161 e. The largest absolute Gasteiger partial charge is 0.493 e. The van der Waals surface area contributed by atoms with Crippen molar-refractivity contribution in [2.45, 2.75) is 6.61 Å². The third kappa shape index (κ3) is 3.17. The molecule has 0 aliphatic heterocycles. The van der Waals surface area contributed by atoms with Gasteiger partial charge in [-0.1, -0.05) is 12.1 Å². The van der Waals surface area contributed by atoms with E-state index < -0.39 is 0 Å². The molecule has 0 N–H and O–H groups in total. The highest BCUT2D eigenvalue weighted by atomic mass is 79.9. The number of methoxy groups -OCH3 is 1. The van der Waals surface area contributed by atoms with Crippen LogP contribution in [-0.4, -0.2) is 13.4 Å². The summed E-state index contributed by atoms with van der Waals surface area (Å²) in [6.07, 6.45) is 0.722. The number of benzene rings is 2. The van der Waals surface area contributed by atoms with Crippen LogP contribution in [0.4, 0.5) is 4.39 Å². The van der Waals surface area contributed by atoms with Crippen LogP contribution in [0.15, 0.2) is 40.9 Å². The summed E-state index contributed by atoms with van der Waals surface area (Å²) < 4.78 is 24.9. The zero-order chi connectivity index (χ0) is 14.5. The van der Waals surface area contributed by atoms with Crippen molar-refractivity contribution in [2.24, 2.45) is 0 Å². The lowest BCUT2D eigenvalue weighted by Gasteiger charge is -2.11. The smallest absolute Gasteiger partial charge is 0.161 e. The number of carbonyl (C=O) groups excluding carboxylic acids is 1. The molecule has 0 amide bonds. The summed E-state index contributed by atoms with van der Waals surface area (Å²) >= 11 is 3.13. The van der Waals surface area contributed by atoms with E-state index in [0.29, 0.717) is 27.1 Å². The Hall–Kier alpha value is -1.88. The lowest BCUT2D eigenvalue weighted by Crippen LogP contribution is -2.01. The average molecular weight is 339 g/mol. The van der Waals surface area contributed by atoms with Crippen molar-refractivity contribution < 1.29 is 18.7 Å². The van der Waals surface area contributed by atoms with Crippen molar-refractivity contribution in [3.63, 3.8) is 0 Å². The van der Waals surface area contributed by atoms with Crippen molar-refractivity contribution >= 4 is 22.2 Å². The molecule has 0 atom stereocenters. The van der Waals surface area contributed by atoms with Crippen LogP contribution < -0.4 is 9.47 Å². The first-order chi connectivity index (χ1) is 9.65. The van der Waals surface area contributed by atoms with Gasteiger partial charge in [0.05, 0.1) is 11.6 Å². The minimum atomic E-state index is -0.351. The Labute approximate surface area is 124 Å². The first-order valence-corrected chi connectivity index (χ1v) is 6.64. The lowest BCUT2D eigenvalue weighted by molar-refractivity contribution is 0.112. The van der Waals surface area contributed by atoms with Crippen molar-refractivity contribution in [1.82, 2.24) is 0 Å². The predicted molar refractivity (Wildman–Crippen MR) is 76.8 cm³/mol. The third-order valence-electron chi connectivity index (χ3n) is 2.74. The van der Waals surface area contributed by atoms with Crippen LogP contribution in [0, 0.1) is 5.82 Å². The first-order valence-electron chi connectivity index (χ1n) is 5.84. The Kier molecular flexibility index (Phi) is 4.74. The summed E-state index contributed by atoms with van der Waals surface area (Å²) in [6, 6.07) is 9.81. The van der Waals surface area contributed by atoms with Gasteiger partial charge in [0, 0.05) is 11.1 Å². The van der Waals surface area contributed by atoms with Crippen molar-refractivity contribution in [2.75, 3.05) is 7.11 Å². The molecule has 0 heterocycles. The van der Waals surface area contributed by atoms with Gasteiger partial charge in [0.25, 0.3) is 0 Å². The Morgan fingerprint density at radius 1 is 1.25 bits per heavy atom. The fourth-order valence-electron chi connectivity index (χ4n) is 1.69. The third-order valence-corrected chi connectivity index (χ3v) is 3.35. The van der Waals surface area contributed by atoms with Gasteiger partial charge >= 0.3 is 0 Å². The number of hydrogen-bond acceptors (Lipinski definition) is 3. The Morgan fingerprint density at radius 3 is 2.75 bits per heavy atom. The molecule has 0 aromatic heterocycles. The van der Waals surface area contributed by atoms with Crippen LogP contribution in [0.2, 0.25) is 0 Å². The summed E-state index contributed by atoms with van der Waals surface area (Å²) in [6.45, 7) is 0.0715. The van der Waals surface area contributed by atoms with Gasteiger partial charge in [0.2, 0.25) is 0 Å². The van der Waals surface area contributed by atoms with Crippen LogP contribution in [0.5, 0.6) is 11.5 Å². The zero-order valence-electron chi connectivity index (χ0n) is 10.7. The lowest BCUT2D eigenvalue weighted by atomic mass is 10.2. The molecular formula is C15H12BrFO3. The van der Waals surface area contributed by atoms with Gasteiger partial charge in [0.1, 0.15) is 18.7 Å². The molecule has 0 saturated heterocycles. The summed E-state index contributed by atoms with van der Waals surface area (Å²) in [5.74, 6) is 0.540. The highest BCUT2D eigenvalue weighted by Gasteiger charge is 2.09. The Bertz CT molecular complexity index is 629. The number of hydrogen-bond donors (Lipinski definition) is 0. The Balaban J connectivity index is 2.18. The monoisotopic (exact) mass is 338 g/mol. The summed E-state index contributed by atoms with van der Waals surface area (Å²) in [7, 11) is 1.48. The predicted octanol–water partition coefficient (Wildman–Crippen LogP) is 3.99. The number of carbonyl (C=O) groups is 1. The normalized spacial score (nSPS) is 10.2. The van der Waals surface area contributed by atoms with Gasteiger partial charge in [-0.3, -0.25) is 4.79 Å². The van der Waals surface area contributed by atoms with Crippen molar-refractivity contribution in [3.05, 3.63) is 57.8 Å². The molecule has 0 bridgehead atoms. The molecule has 0 fully saturated rings. The summed E-state index contributed by atoms with van der Waals surface area (Å²) in [5, 5.41) is 0. The van der Waals surface area contributed by atoms with E-state index in [4.69, 9.17) is 9.47 Å². The fraction of sp³-hybridized carbons (Fsp3) is 0.133. The molecule has 0 aliphatic carbocycles. The molecule has 2 aromatic carbocycles. The topological polar surface area (TPSA) is 35.5 Å². The molecule has 2 aromatic rings. The van der Waals surface area contributed by atoms with E-state index in [9.17, 15) is 9.18 Å². The molecule has 0 aliphatic rings. The zero-order valence-corrected chi connectivity index (χ0v) is 12.3. The number of aldehydes is 1. The highest BCUT2D eigenvalue weighted by Crippen LogP contribution is 2.29. The van der Waals surface area contributed by atoms with E-state index in [1.807, 2.05) is 0 Å². The second-order valence-corrected chi connectivity index (χ2v) is 4.88. The van der Waals surface area contributed by atoms with Crippen LogP contribution >= 0.6 is 15.9 Å². The average Bonchev–Trinajstić information content (AvgIpc) is 2.48. The van der Waals surface area contributed by atoms with E-state index in [1.165, 1.54) is 7.11 Å². The minimum Gasteiger partial charge on any atom is -0.493 e. The summed E-state index contributed by atoms with van der Waals surface area (Å²) in [4.78, 5) is 10.7. The van der Waals surface area contributed by atoms with Crippen LogP contribution in [0.1, 0.15) is 15.9 Å². The highest BCUT2D eigenvalue weighted by molar-refractivity contribution is 9.10. The number of ether oxygens (including phenoxy) is 2. The molecule has 2 rings (SSSR count). The molecule has 104 valence electrons. The number of halogens is 2. The van der Waals surface area contributed by atoms with Gasteiger partial charge < -0.3 is 9.47 Å². The molecule has 0 spiro atoms. The van der Waals surface area contributed by atoms with Crippen molar-refractivity contribution in [1.29, 1.82) is 0 Å². The van der Waals surface area contributed by atoms with Crippen LogP contribution in [-0.2, 0) is 6.61 Å². The minimum absolute atomic E-state index is 0.0715. The molecule has 0 radical (unpaired) electrons. The summed E-state index contributed by atoms with van der Waals surface area (Å²) in [5.41, 5.74) is 0.920. The van der Waals surface area contributed by atoms with Gasteiger partial charge in [-0.15, -0.1) is 0 Å². The first kappa shape index (κ1) is 14.5. The van der Waals surface area contributed by atoms with E-state index in [2.05, 4.69) is 15.9 Å². The van der Waals surface area contributed by atoms with Gasteiger partial charge in [-0.25, -0.2) is 4.39 Å². The van der Waals surface area contributed by atoms with Crippen molar-refractivity contribution in [3.8, 4) is 11.5 Å². The number of rotatable bonds is 5. The second kappa shape index (κ2) is 6.52. The van der Waals surface area contributed by atoms with Crippen LogP contribution in [0.25, 0.3) is 0 Å². The SMILES string of the molecule is COc1cc(C=O)ccc1OCc1cccc(Br)c1F. The van der Waals surface area contributed by atoms with E-state index >= 15 is 0 Å². The van der Waals surface area contributed by atoms with E-state index in [-0.39, 0.29) is 12.4 Å². The van der Waals surface area contributed by atoms with Gasteiger partial charge in [0.15, 0.2) is 11.5 Å². The standard InChI is InChI=1S/C15H12BrFO3/c1-19-14-7-10(8-18)5-6-13(14)20-9-11-3-2-4-12(16)15(11)17/h2-8H,9H2,1H3.